The Kier molecular flexibility index (Phi) is 7.32. The molecule has 0 fully saturated rings. The van der Waals surface area contributed by atoms with Crippen molar-refractivity contribution in [3.8, 4) is 11.5 Å². The van der Waals surface area contributed by atoms with Crippen molar-refractivity contribution < 1.29 is 14.3 Å². The fourth-order valence-electron chi connectivity index (χ4n) is 1.95. The zero-order valence-corrected chi connectivity index (χ0v) is 16.6. The van der Waals surface area contributed by atoms with Crippen LogP contribution in [-0.2, 0) is 4.79 Å². The average molecular weight is 474 g/mol. The van der Waals surface area contributed by atoms with E-state index in [1.54, 1.807) is 12.1 Å². The normalized spacial score (nSPS) is 10.6. The lowest BCUT2D eigenvalue weighted by Crippen LogP contribution is -2.25. The molecule has 0 spiro atoms. The molecule has 0 bridgehead atoms. The van der Waals surface area contributed by atoms with Crippen LogP contribution in [0.4, 0.5) is 5.69 Å². The first-order chi connectivity index (χ1) is 12.0. The second-order valence-electron chi connectivity index (χ2n) is 4.88. The first-order valence-corrected chi connectivity index (χ1v) is 8.72. The number of carbonyl (C=O) groups excluding carboxylic acids is 1. The minimum atomic E-state index is -0.270. The fourth-order valence-corrected chi connectivity index (χ4v) is 2.56. The molecule has 2 aromatic carbocycles. The van der Waals surface area contributed by atoms with Crippen molar-refractivity contribution in [2.75, 3.05) is 26.1 Å². The molecular weight excluding hydrogens is 457 g/mol. The van der Waals surface area contributed by atoms with Crippen LogP contribution in [0.15, 0.2) is 41.5 Å². The van der Waals surface area contributed by atoms with E-state index in [-0.39, 0.29) is 12.5 Å². The second-order valence-corrected chi connectivity index (χ2v) is 6.54. The van der Waals surface area contributed by atoms with Gasteiger partial charge in [0, 0.05) is 20.9 Å². The molecule has 2 N–H and O–H groups in total. The molecule has 0 radical (unpaired) electrons. The molecule has 0 saturated carbocycles. The maximum Gasteiger partial charge on any atom is 0.259 e. The summed E-state index contributed by atoms with van der Waals surface area (Å²) in [5, 5.41) is 7.37. The van der Waals surface area contributed by atoms with Gasteiger partial charge in [0.15, 0.2) is 0 Å². The van der Waals surface area contributed by atoms with Gasteiger partial charge >= 0.3 is 0 Å². The molecule has 2 rings (SSSR count). The van der Waals surface area contributed by atoms with E-state index in [2.05, 4.69) is 38.4 Å². The molecule has 2 aromatic rings. The van der Waals surface area contributed by atoms with Gasteiger partial charge in [0.1, 0.15) is 11.5 Å². The molecule has 0 heterocycles. The van der Waals surface area contributed by atoms with Crippen LogP contribution in [0.2, 0.25) is 5.02 Å². The molecule has 0 saturated heterocycles. The Morgan fingerprint density at radius 3 is 2.52 bits per heavy atom. The Labute approximate surface area is 164 Å². The molecule has 0 aliphatic rings. The van der Waals surface area contributed by atoms with E-state index in [1.165, 1.54) is 20.4 Å². The lowest BCUT2D eigenvalue weighted by atomic mass is 10.2. The topological polar surface area (TPSA) is 72.0 Å². The standard InChI is InChI=1S/C17H17ClIN3O3/c1-24-15-8-16(25-2)14(18)7-11(15)9-21-22-17(23)10-20-13-5-3-12(19)4-6-13/h3-9,20H,10H2,1-2H3,(H,22,23)/b21-9-. The summed E-state index contributed by atoms with van der Waals surface area (Å²) in [6.45, 7) is 0.110. The highest BCUT2D eigenvalue weighted by molar-refractivity contribution is 14.1. The van der Waals surface area contributed by atoms with Crippen molar-refractivity contribution in [3.05, 3.63) is 50.6 Å². The molecule has 0 aromatic heterocycles. The van der Waals surface area contributed by atoms with Crippen LogP contribution in [0, 0.1) is 3.57 Å². The molecular formula is C17H17ClIN3O3. The quantitative estimate of drug-likeness (QED) is 0.367. The summed E-state index contributed by atoms with van der Waals surface area (Å²) in [6.07, 6.45) is 1.47. The van der Waals surface area contributed by atoms with Crippen LogP contribution in [-0.4, -0.2) is 32.9 Å². The molecule has 0 unspecified atom stereocenters. The SMILES string of the molecule is COc1cc(OC)c(/C=N\NC(=O)CNc2ccc(I)cc2)cc1Cl. The highest BCUT2D eigenvalue weighted by atomic mass is 127. The smallest absolute Gasteiger partial charge is 0.259 e. The summed E-state index contributed by atoms with van der Waals surface area (Å²) in [6, 6.07) is 11.0. The minimum Gasteiger partial charge on any atom is -0.496 e. The number of ether oxygens (including phenoxy) is 2. The third kappa shape index (κ3) is 5.79. The number of amides is 1. The van der Waals surface area contributed by atoms with E-state index < -0.39 is 0 Å². The molecule has 8 heteroatoms. The van der Waals surface area contributed by atoms with Crippen molar-refractivity contribution in [1.29, 1.82) is 0 Å². The third-order valence-corrected chi connectivity index (χ3v) is 4.21. The lowest BCUT2D eigenvalue weighted by Gasteiger charge is -2.09. The van der Waals surface area contributed by atoms with E-state index in [0.717, 1.165) is 9.26 Å². The average Bonchev–Trinajstić information content (AvgIpc) is 2.61. The van der Waals surface area contributed by atoms with Gasteiger partial charge in [0.2, 0.25) is 0 Å². The van der Waals surface area contributed by atoms with Gasteiger partial charge in [0.25, 0.3) is 5.91 Å². The maximum atomic E-state index is 11.8. The zero-order chi connectivity index (χ0) is 18.2. The number of hydrazone groups is 1. The maximum absolute atomic E-state index is 11.8. The van der Waals surface area contributed by atoms with Crippen molar-refractivity contribution in [2.24, 2.45) is 5.10 Å². The number of carbonyl (C=O) groups is 1. The first kappa shape index (κ1) is 19.3. The summed E-state index contributed by atoms with van der Waals surface area (Å²) in [5.41, 5.74) is 3.94. The van der Waals surface area contributed by atoms with E-state index in [0.29, 0.717) is 22.1 Å². The summed E-state index contributed by atoms with van der Waals surface area (Å²) in [7, 11) is 3.05. The molecule has 0 atom stereocenters. The Morgan fingerprint density at radius 1 is 1.20 bits per heavy atom. The highest BCUT2D eigenvalue weighted by Crippen LogP contribution is 2.31. The molecule has 25 heavy (non-hydrogen) atoms. The van der Waals surface area contributed by atoms with Gasteiger partial charge in [0.05, 0.1) is 32.0 Å². The zero-order valence-electron chi connectivity index (χ0n) is 13.7. The van der Waals surface area contributed by atoms with Crippen LogP contribution >= 0.6 is 34.2 Å². The summed E-state index contributed by atoms with van der Waals surface area (Å²) < 4.78 is 11.5. The Balaban J connectivity index is 1.92. The largest absolute Gasteiger partial charge is 0.496 e. The number of nitrogens with one attached hydrogen (secondary N) is 2. The van der Waals surface area contributed by atoms with E-state index in [1.807, 2.05) is 24.3 Å². The number of halogens is 2. The molecule has 132 valence electrons. The Bertz CT molecular complexity index is 766. The van der Waals surface area contributed by atoms with Crippen LogP contribution in [0.3, 0.4) is 0 Å². The number of rotatable bonds is 7. The lowest BCUT2D eigenvalue weighted by molar-refractivity contribution is -0.119. The summed E-state index contributed by atoms with van der Waals surface area (Å²) >= 11 is 8.31. The highest BCUT2D eigenvalue weighted by Gasteiger charge is 2.08. The predicted molar refractivity (Wildman–Crippen MR) is 108 cm³/mol. The van der Waals surface area contributed by atoms with Crippen molar-refractivity contribution in [2.45, 2.75) is 0 Å². The van der Waals surface area contributed by atoms with Gasteiger partial charge in [-0.3, -0.25) is 4.79 Å². The van der Waals surface area contributed by atoms with E-state index >= 15 is 0 Å². The number of hydrogen-bond donors (Lipinski definition) is 2. The number of hydrogen-bond acceptors (Lipinski definition) is 5. The first-order valence-electron chi connectivity index (χ1n) is 7.26. The van der Waals surface area contributed by atoms with Crippen molar-refractivity contribution in [3.63, 3.8) is 0 Å². The van der Waals surface area contributed by atoms with Crippen molar-refractivity contribution in [1.82, 2.24) is 5.43 Å². The van der Waals surface area contributed by atoms with Crippen LogP contribution in [0.5, 0.6) is 11.5 Å². The van der Waals surface area contributed by atoms with Gasteiger partial charge in [-0.15, -0.1) is 0 Å². The second kappa shape index (κ2) is 9.47. The number of nitrogens with zero attached hydrogens (tertiary/aromatic N) is 1. The molecule has 0 aliphatic heterocycles. The monoisotopic (exact) mass is 473 g/mol. The van der Waals surface area contributed by atoms with Gasteiger partial charge < -0.3 is 14.8 Å². The number of anilines is 1. The molecule has 1 amide bonds. The Morgan fingerprint density at radius 2 is 1.88 bits per heavy atom. The summed E-state index contributed by atoms with van der Waals surface area (Å²) in [5.74, 6) is 0.770. The predicted octanol–water partition coefficient (Wildman–Crippen LogP) is 3.52. The van der Waals surface area contributed by atoms with Crippen LogP contribution in [0.1, 0.15) is 5.56 Å². The summed E-state index contributed by atoms with van der Waals surface area (Å²) in [4.78, 5) is 11.8. The molecule has 0 aliphatic carbocycles. The van der Waals surface area contributed by atoms with Crippen LogP contribution < -0.4 is 20.2 Å². The van der Waals surface area contributed by atoms with E-state index in [4.69, 9.17) is 21.1 Å². The number of methoxy groups -OCH3 is 2. The van der Waals surface area contributed by atoms with Crippen molar-refractivity contribution >= 4 is 52.0 Å². The molecule has 6 nitrogen and oxygen atoms in total. The van der Waals surface area contributed by atoms with Crippen LogP contribution in [0.25, 0.3) is 0 Å². The van der Waals surface area contributed by atoms with E-state index in [9.17, 15) is 4.79 Å². The minimum absolute atomic E-state index is 0.110. The fraction of sp³-hybridized carbons (Fsp3) is 0.176. The third-order valence-electron chi connectivity index (χ3n) is 3.19. The number of benzene rings is 2. The van der Waals surface area contributed by atoms with Gasteiger partial charge in [-0.05, 0) is 52.9 Å². The van der Waals surface area contributed by atoms with Gasteiger partial charge in [-0.25, -0.2) is 5.43 Å². The van der Waals surface area contributed by atoms with Gasteiger partial charge in [-0.1, -0.05) is 11.6 Å². The Hall–Kier alpha value is -2.00. The van der Waals surface area contributed by atoms with Gasteiger partial charge in [-0.2, -0.15) is 5.10 Å².